The number of halogens is 1. The van der Waals surface area contributed by atoms with Crippen LogP contribution in [0.5, 0.6) is 0 Å². The predicted octanol–water partition coefficient (Wildman–Crippen LogP) is 5.44. The molecule has 0 aromatic carbocycles. The van der Waals surface area contributed by atoms with Gasteiger partial charge in [0.15, 0.2) is 0 Å². The Bertz CT molecular complexity index is 155. The first-order valence-electron chi connectivity index (χ1n) is 7.72. The Morgan fingerprint density at radius 3 is 1.67 bits per heavy atom. The largest absolute Gasteiger partial charge is 0.616 e. The standard InChI is InChI=1S/C15H31BrOS/c1-2-3-11-14-18(17)15-12-9-7-5-4-6-8-10-13-16/h2-15H2,1H3. The first-order chi connectivity index (χ1) is 8.81. The van der Waals surface area contributed by atoms with Crippen LogP contribution in [0.2, 0.25) is 0 Å². The van der Waals surface area contributed by atoms with Crippen LogP contribution >= 0.6 is 15.9 Å². The molecule has 0 rings (SSSR count). The molecule has 0 spiro atoms. The zero-order valence-corrected chi connectivity index (χ0v) is 14.5. The topological polar surface area (TPSA) is 23.1 Å². The summed E-state index contributed by atoms with van der Waals surface area (Å²) in [6.07, 6.45) is 14.2. The molecule has 0 heterocycles. The van der Waals surface area contributed by atoms with E-state index in [9.17, 15) is 4.55 Å². The van der Waals surface area contributed by atoms with Crippen LogP contribution in [0.15, 0.2) is 0 Å². The molecule has 0 N–H and O–H groups in total. The molecule has 0 aliphatic carbocycles. The van der Waals surface area contributed by atoms with Crippen molar-refractivity contribution in [2.75, 3.05) is 16.8 Å². The van der Waals surface area contributed by atoms with Gasteiger partial charge < -0.3 is 4.55 Å². The minimum atomic E-state index is -0.538. The summed E-state index contributed by atoms with van der Waals surface area (Å²) < 4.78 is 11.6. The average molecular weight is 339 g/mol. The van der Waals surface area contributed by atoms with Crippen LogP contribution in [0.3, 0.4) is 0 Å². The van der Waals surface area contributed by atoms with E-state index in [1.165, 1.54) is 64.2 Å². The quantitative estimate of drug-likeness (QED) is 0.235. The van der Waals surface area contributed by atoms with Gasteiger partial charge in [-0.3, -0.25) is 0 Å². The molecule has 18 heavy (non-hydrogen) atoms. The van der Waals surface area contributed by atoms with Gasteiger partial charge in [0, 0.05) is 5.33 Å². The third-order valence-electron chi connectivity index (χ3n) is 3.23. The molecule has 1 atom stereocenters. The highest BCUT2D eigenvalue weighted by atomic mass is 79.9. The molecule has 0 saturated carbocycles. The molecule has 1 nitrogen and oxygen atoms in total. The van der Waals surface area contributed by atoms with Crippen molar-refractivity contribution < 1.29 is 4.55 Å². The van der Waals surface area contributed by atoms with Gasteiger partial charge in [-0.15, -0.1) is 0 Å². The van der Waals surface area contributed by atoms with E-state index in [4.69, 9.17) is 0 Å². The number of hydrogen-bond acceptors (Lipinski definition) is 1. The Kier molecular flexibility index (Phi) is 16.5. The monoisotopic (exact) mass is 338 g/mol. The van der Waals surface area contributed by atoms with Crippen LogP contribution in [0, 0.1) is 0 Å². The molecular formula is C15H31BrOS. The van der Waals surface area contributed by atoms with Crippen LogP contribution in [-0.4, -0.2) is 21.4 Å². The fourth-order valence-corrected chi connectivity index (χ4v) is 3.69. The van der Waals surface area contributed by atoms with Crippen LogP contribution in [0.1, 0.15) is 77.6 Å². The summed E-state index contributed by atoms with van der Waals surface area (Å²) >= 11 is 2.92. The van der Waals surface area contributed by atoms with Crippen LogP contribution < -0.4 is 0 Å². The van der Waals surface area contributed by atoms with Crippen molar-refractivity contribution in [3.05, 3.63) is 0 Å². The van der Waals surface area contributed by atoms with E-state index < -0.39 is 11.2 Å². The van der Waals surface area contributed by atoms with E-state index in [1.807, 2.05) is 0 Å². The van der Waals surface area contributed by atoms with Gasteiger partial charge in [0.1, 0.15) is 11.5 Å². The van der Waals surface area contributed by atoms with Crippen molar-refractivity contribution in [2.45, 2.75) is 77.6 Å². The summed E-state index contributed by atoms with van der Waals surface area (Å²) in [5.41, 5.74) is 0. The van der Waals surface area contributed by atoms with Gasteiger partial charge in [-0.25, -0.2) is 0 Å². The summed E-state index contributed by atoms with van der Waals surface area (Å²) in [7, 11) is 0. The van der Waals surface area contributed by atoms with Gasteiger partial charge >= 0.3 is 0 Å². The molecule has 0 aromatic rings. The molecule has 0 amide bonds. The van der Waals surface area contributed by atoms with E-state index in [1.54, 1.807) is 0 Å². The number of hydrogen-bond donors (Lipinski definition) is 0. The molecule has 0 fully saturated rings. The third kappa shape index (κ3) is 14.8. The van der Waals surface area contributed by atoms with Gasteiger partial charge in [-0.2, -0.15) is 0 Å². The average Bonchev–Trinajstić information content (AvgIpc) is 2.37. The van der Waals surface area contributed by atoms with Crippen LogP contribution in [0.4, 0.5) is 0 Å². The number of rotatable bonds is 14. The van der Waals surface area contributed by atoms with Crippen molar-refractivity contribution in [1.82, 2.24) is 0 Å². The maximum Gasteiger partial charge on any atom is 0.105 e. The van der Waals surface area contributed by atoms with Gasteiger partial charge in [-0.05, 0) is 32.1 Å². The summed E-state index contributed by atoms with van der Waals surface area (Å²) in [5, 5.41) is 1.15. The Morgan fingerprint density at radius 2 is 1.17 bits per heavy atom. The Balaban J connectivity index is 3.05. The summed E-state index contributed by atoms with van der Waals surface area (Å²) in [5.74, 6) is 1.87. The minimum absolute atomic E-state index is 0.538. The smallest absolute Gasteiger partial charge is 0.105 e. The first kappa shape index (κ1) is 18.8. The van der Waals surface area contributed by atoms with Crippen molar-refractivity contribution in [2.24, 2.45) is 0 Å². The molecule has 0 radical (unpaired) electrons. The summed E-state index contributed by atoms with van der Waals surface area (Å²) in [6.45, 7) is 2.20. The Labute approximate surface area is 126 Å². The van der Waals surface area contributed by atoms with E-state index in [2.05, 4.69) is 22.9 Å². The fourth-order valence-electron chi connectivity index (χ4n) is 2.03. The van der Waals surface area contributed by atoms with Crippen molar-refractivity contribution in [1.29, 1.82) is 0 Å². The number of unbranched alkanes of at least 4 members (excludes halogenated alkanes) is 9. The summed E-state index contributed by atoms with van der Waals surface area (Å²) in [4.78, 5) is 0. The molecule has 0 aromatic heterocycles. The van der Waals surface area contributed by atoms with Crippen LogP contribution in [0.25, 0.3) is 0 Å². The van der Waals surface area contributed by atoms with Crippen molar-refractivity contribution in [3.63, 3.8) is 0 Å². The highest BCUT2D eigenvalue weighted by Crippen LogP contribution is 2.10. The SMILES string of the molecule is CCCCC[S+]([O-])CCCCCCCCCCBr. The lowest BCUT2D eigenvalue weighted by Gasteiger charge is -2.10. The highest BCUT2D eigenvalue weighted by molar-refractivity contribution is 9.09. The van der Waals surface area contributed by atoms with Gasteiger partial charge in [0.2, 0.25) is 0 Å². The zero-order valence-electron chi connectivity index (χ0n) is 12.1. The second kappa shape index (κ2) is 15.8. The lowest BCUT2D eigenvalue weighted by atomic mass is 10.1. The molecule has 0 saturated heterocycles. The normalized spacial score (nSPS) is 12.8. The Hall–Kier alpha value is 0.790. The minimum Gasteiger partial charge on any atom is -0.616 e. The van der Waals surface area contributed by atoms with Gasteiger partial charge in [-0.1, -0.05) is 72.6 Å². The lowest BCUT2D eigenvalue weighted by molar-refractivity contribution is 0.570. The maximum atomic E-state index is 11.6. The van der Waals surface area contributed by atoms with E-state index in [0.717, 1.165) is 23.3 Å². The molecule has 0 bridgehead atoms. The number of alkyl halides is 1. The molecular weight excluding hydrogens is 308 g/mol. The Morgan fingerprint density at radius 1 is 0.722 bits per heavy atom. The van der Waals surface area contributed by atoms with Crippen molar-refractivity contribution in [3.8, 4) is 0 Å². The molecule has 0 aliphatic heterocycles. The second-order valence-electron chi connectivity index (χ2n) is 5.07. The fraction of sp³-hybridized carbons (Fsp3) is 1.00. The van der Waals surface area contributed by atoms with Gasteiger partial charge in [0.25, 0.3) is 0 Å². The zero-order chi connectivity index (χ0) is 13.5. The van der Waals surface area contributed by atoms with Crippen LogP contribution in [-0.2, 0) is 11.2 Å². The molecule has 0 aliphatic rings. The molecule has 1 unspecified atom stereocenters. The molecule has 3 heteroatoms. The van der Waals surface area contributed by atoms with Crippen molar-refractivity contribution >= 4 is 27.1 Å². The van der Waals surface area contributed by atoms with E-state index >= 15 is 0 Å². The second-order valence-corrected chi connectivity index (χ2v) is 7.56. The van der Waals surface area contributed by atoms with E-state index in [0.29, 0.717) is 0 Å². The summed E-state index contributed by atoms with van der Waals surface area (Å²) in [6, 6.07) is 0. The first-order valence-corrected chi connectivity index (χ1v) is 10.3. The predicted molar refractivity (Wildman–Crippen MR) is 88.1 cm³/mol. The maximum absolute atomic E-state index is 11.6. The molecule has 110 valence electrons. The highest BCUT2D eigenvalue weighted by Gasteiger charge is 2.04. The van der Waals surface area contributed by atoms with E-state index in [-0.39, 0.29) is 0 Å². The third-order valence-corrected chi connectivity index (χ3v) is 5.28. The van der Waals surface area contributed by atoms with Gasteiger partial charge in [0.05, 0.1) is 0 Å². The lowest BCUT2D eigenvalue weighted by Crippen LogP contribution is -2.11.